The molecule has 0 radical (unpaired) electrons. The summed E-state index contributed by atoms with van der Waals surface area (Å²) in [7, 11) is -4.54. The molecule has 2 heterocycles. The highest BCUT2D eigenvalue weighted by Crippen LogP contribution is 2.48. The number of aliphatic hydroxyl groups excluding tert-OH is 2. The normalized spacial score (nSPS) is 14.0. The summed E-state index contributed by atoms with van der Waals surface area (Å²) in [4.78, 5) is 33.5. The van der Waals surface area contributed by atoms with Crippen LogP contribution in [-0.4, -0.2) is 114 Å². The van der Waals surface area contributed by atoms with E-state index < -0.39 is 51.0 Å². The fourth-order valence-corrected chi connectivity index (χ4v) is 9.81. The van der Waals surface area contributed by atoms with Gasteiger partial charge in [0.05, 0.1) is 92.6 Å². The van der Waals surface area contributed by atoms with Crippen LogP contribution in [0.25, 0.3) is 44.0 Å². The van der Waals surface area contributed by atoms with Gasteiger partial charge < -0.3 is 40.0 Å². The van der Waals surface area contributed by atoms with Crippen molar-refractivity contribution in [3.8, 4) is 34.4 Å². The summed E-state index contributed by atoms with van der Waals surface area (Å²) >= 11 is 1.61. The van der Waals surface area contributed by atoms with Gasteiger partial charge >= 0.3 is 5.97 Å². The van der Waals surface area contributed by atoms with Crippen LogP contribution in [-0.2, 0) is 47.8 Å². The van der Waals surface area contributed by atoms with Crippen LogP contribution in [0.3, 0.4) is 0 Å². The first-order valence-corrected chi connectivity index (χ1v) is 27.0. The number of azo groups is 3. The molecule has 35 heteroatoms. The molecule has 8 aromatic rings. The van der Waals surface area contributed by atoms with Crippen LogP contribution in [0, 0.1) is 0 Å². The topological polar surface area (TPSA) is 443 Å². The number of aromatic nitrogens is 2. The molecular weight excluding hydrogens is 1180 g/mol. The summed E-state index contributed by atoms with van der Waals surface area (Å²) in [5.41, 5.74) is 0.807. The van der Waals surface area contributed by atoms with E-state index in [9.17, 15) is 53.3 Å². The number of rotatable bonds is 26. The average Bonchev–Trinajstić information content (AvgIpc) is 3.53. The second-order valence-corrected chi connectivity index (χ2v) is 20.3. The molecule has 1 aromatic heterocycles. The Hall–Kier alpha value is -8.34. The maximum atomic E-state index is 13.3. The summed E-state index contributed by atoms with van der Waals surface area (Å²) in [5.74, 6) is -2.82. The Morgan fingerprint density at radius 2 is 1.35 bits per heavy atom. The maximum Gasteiger partial charge on any atom is 0.355 e. The van der Waals surface area contributed by atoms with E-state index in [1.807, 2.05) is 0 Å². The number of fused-ring (bicyclic) bond motifs is 4. The molecule has 0 fully saturated rings. The lowest BCUT2D eigenvalue weighted by molar-refractivity contribution is -0.432. The van der Waals surface area contributed by atoms with Gasteiger partial charge in [0.1, 0.15) is 46.7 Å². The van der Waals surface area contributed by atoms with Crippen molar-refractivity contribution in [1.82, 2.24) is 9.97 Å². The first-order valence-electron chi connectivity index (χ1n) is 23.3. The first-order chi connectivity index (χ1) is 40.1. The number of ether oxygens (including phenoxy) is 2. The molecule has 9 rings (SSSR count). The molecule has 1 aliphatic rings. The number of imidazole rings is 1. The number of hydrogen-bond acceptors (Lipinski definition) is 30. The number of phenolic OH excluding ortho intramolecular Hbond substituents is 2. The SMILES string of the molecule is O=C(O)C1=NN(c2ccc(S(=O)(=O)O)cc2)C(=O)C1N=Nc1ccc(-c2nc3ccc4c(O)c(N=Nc5cc(OCCO)c(N=Nc6cc(SOOO)cc7cc(SOOO)cc(O)c67)cc5OCCCO)c(SOOO)cc4c3[nH]2)cc1. The van der Waals surface area contributed by atoms with Gasteiger partial charge in [-0.05, 0) is 96.4 Å². The van der Waals surface area contributed by atoms with Gasteiger partial charge in [-0.25, -0.2) is 25.6 Å². The Balaban J connectivity index is 1.02. The van der Waals surface area contributed by atoms with Gasteiger partial charge in [0.2, 0.25) is 6.04 Å². The molecule has 1 atom stereocenters. The van der Waals surface area contributed by atoms with Crippen molar-refractivity contribution < 1.29 is 101 Å². The summed E-state index contributed by atoms with van der Waals surface area (Å²) < 4.78 is 58.0. The van der Waals surface area contributed by atoms with E-state index in [4.69, 9.17) is 29.3 Å². The molecule has 0 spiro atoms. The van der Waals surface area contributed by atoms with Crippen molar-refractivity contribution in [3.63, 3.8) is 0 Å². The van der Waals surface area contributed by atoms with E-state index in [0.717, 1.165) is 29.3 Å². The van der Waals surface area contributed by atoms with E-state index in [-0.39, 0.29) is 93.3 Å². The molecule has 1 unspecified atom stereocenters. The molecule has 10 N–H and O–H groups in total. The number of H-pyrrole nitrogens is 1. The summed E-state index contributed by atoms with van der Waals surface area (Å²) in [6.45, 7) is -0.966. The third-order valence-electron chi connectivity index (χ3n) is 11.5. The van der Waals surface area contributed by atoms with Crippen molar-refractivity contribution in [1.29, 1.82) is 0 Å². The zero-order valence-electron chi connectivity index (χ0n) is 41.5. The number of phenols is 2. The predicted octanol–water partition coefficient (Wildman–Crippen LogP) is 10.4. The number of aromatic amines is 1. The number of hydrogen-bond donors (Lipinski definition) is 10. The second-order valence-electron chi connectivity index (χ2n) is 16.6. The maximum absolute atomic E-state index is 13.3. The number of carboxylic acid groups (broad SMARTS) is 1. The van der Waals surface area contributed by atoms with E-state index in [2.05, 4.69) is 64.6 Å². The Bertz CT molecular complexity index is 3980. The molecule has 1 amide bonds. The van der Waals surface area contributed by atoms with E-state index >= 15 is 0 Å². The lowest BCUT2D eigenvalue weighted by Crippen LogP contribution is -2.33. The number of anilines is 1. The number of carbonyl (C=O) groups excluding carboxylic acids is 1. The highest BCUT2D eigenvalue weighted by atomic mass is 32.2. The van der Waals surface area contributed by atoms with Crippen LogP contribution in [0.2, 0.25) is 0 Å². The summed E-state index contributed by atoms with van der Waals surface area (Å²) in [6.07, 6.45) is 0.176. The minimum atomic E-state index is -4.54. The van der Waals surface area contributed by atoms with Crippen LogP contribution in [0.1, 0.15) is 6.42 Å². The molecule has 83 heavy (non-hydrogen) atoms. The quantitative estimate of drug-likeness (QED) is 0.00601. The third-order valence-corrected chi connectivity index (χ3v) is 14.1. The fourth-order valence-electron chi connectivity index (χ4n) is 7.95. The average molecular weight is 1220 g/mol. The molecule has 0 aliphatic carbocycles. The number of nitrogens with one attached hydrogen (secondary N) is 1. The predicted molar refractivity (Wildman–Crippen MR) is 290 cm³/mol. The largest absolute Gasteiger partial charge is 0.507 e. The molecule has 0 saturated heterocycles. The minimum Gasteiger partial charge on any atom is -0.507 e. The summed E-state index contributed by atoms with van der Waals surface area (Å²) in [6, 6.07) is 22.2. The van der Waals surface area contributed by atoms with Crippen LogP contribution in [0.5, 0.6) is 23.0 Å². The number of nitrogens with zero attached hydrogens (tertiary/aromatic N) is 9. The highest BCUT2D eigenvalue weighted by molar-refractivity contribution is 7.95. The van der Waals surface area contributed by atoms with Gasteiger partial charge in [-0.1, -0.05) is 15.1 Å². The Kier molecular flexibility index (Phi) is 19.1. The monoisotopic (exact) mass is 1220 g/mol. The first kappa shape index (κ1) is 59.3. The number of aliphatic carboxylic acids is 1. The Morgan fingerprint density at radius 3 is 1.99 bits per heavy atom. The smallest absolute Gasteiger partial charge is 0.355 e. The van der Waals surface area contributed by atoms with E-state index in [1.54, 1.807) is 42.5 Å². The molecule has 430 valence electrons. The van der Waals surface area contributed by atoms with Crippen molar-refractivity contribution in [2.24, 2.45) is 35.8 Å². The number of benzene rings is 7. The van der Waals surface area contributed by atoms with Gasteiger partial charge in [-0.3, -0.25) is 9.35 Å². The van der Waals surface area contributed by atoms with Gasteiger partial charge in [-0.2, -0.15) is 28.8 Å². The molecule has 1 aliphatic heterocycles. The number of hydrazone groups is 1. The van der Waals surface area contributed by atoms with Crippen molar-refractivity contribution in [2.75, 3.05) is 31.4 Å². The minimum absolute atomic E-state index is 0.00541. The number of amides is 1. The van der Waals surface area contributed by atoms with Crippen LogP contribution in [0.15, 0.2) is 158 Å². The van der Waals surface area contributed by atoms with Crippen molar-refractivity contribution >= 4 is 131 Å². The second kappa shape index (κ2) is 26.7. The lowest BCUT2D eigenvalue weighted by Gasteiger charge is -2.14. The van der Waals surface area contributed by atoms with E-state index in [0.29, 0.717) is 79.1 Å². The third kappa shape index (κ3) is 13.6. The fraction of sp³-hybridized carbons (Fsp3) is 0.125. The van der Waals surface area contributed by atoms with Crippen LogP contribution < -0.4 is 14.5 Å². The molecule has 0 bridgehead atoms. The zero-order chi connectivity index (χ0) is 58.8. The molecule has 31 nitrogen and oxygen atoms in total. The lowest BCUT2D eigenvalue weighted by atomic mass is 10.1. The number of aliphatic hydroxyl groups is 2. The molecule has 7 aromatic carbocycles. The van der Waals surface area contributed by atoms with Gasteiger partial charge in [0.15, 0.2) is 11.5 Å². The Morgan fingerprint density at radius 1 is 0.711 bits per heavy atom. The summed E-state index contributed by atoms with van der Waals surface area (Å²) in [5, 5.41) is 121. The Labute approximate surface area is 476 Å². The number of carboxylic acids is 1. The van der Waals surface area contributed by atoms with Crippen molar-refractivity contribution in [3.05, 3.63) is 103 Å². The number of aromatic hydroxyl groups is 2. The standard InChI is InChI=1S/C48H38N10O21S4/c59-12-1-14-72-37-21-33(52-54-35-18-27(80-77-74-66)16-24-17-28(81-78-75-67)19-36(61)40(24)35)38(73-15-13-60)22-34(37)53-55-42-39(82-79-76-68)20-31-30(45(42)62)10-11-32-41(31)50-46(49-32)23-2-4-25(5-3-23)51-56-43-44(48(64)65)57-58(47(43)63)26-6-8-29(9-7-26)83(69,70)71/h2-11,16-22,43,59-62,66-68H,1,12-15H2,(H,49,50)(H,64,65)(H,69,70,71). The molecular formula is C48H38N10O21S4. The van der Waals surface area contributed by atoms with Crippen molar-refractivity contribution in [2.45, 2.75) is 32.0 Å². The molecule has 0 saturated carbocycles. The van der Waals surface area contributed by atoms with Gasteiger partial charge in [0, 0.05) is 51.3 Å². The zero-order valence-corrected chi connectivity index (χ0v) is 44.8. The van der Waals surface area contributed by atoms with Crippen LogP contribution >= 0.6 is 36.1 Å². The number of carbonyl (C=O) groups is 2. The van der Waals surface area contributed by atoms with Gasteiger partial charge in [0.25, 0.3) is 16.0 Å². The van der Waals surface area contributed by atoms with E-state index in [1.165, 1.54) is 36.4 Å². The van der Waals surface area contributed by atoms with Gasteiger partial charge in [-0.15, -0.1) is 33.5 Å². The van der Waals surface area contributed by atoms with Crippen LogP contribution in [0.4, 0.5) is 34.1 Å². The highest BCUT2D eigenvalue weighted by Gasteiger charge is 2.41.